The number of piperidine rings is 1. The van der Waals surface area contributed by atoms with Crippen molar-refractivity contribution in [1.82, 2.24) is 9.88 Å². The van der Waals surface area contributed by atoms with Gasteiger partial charge < -0.3 is 19.6 Å². The number of aliphatic hydroxyl groups excluding tert-OH is 1. The lowest BCUT2D eigenvalue weighted by molar-refractivity contribution is -0.119. The van der Waals surface area contributed by atoms with E-state index in [1.807, 2.05) is 6.07 Å². The van der Waals surface area contributed by atoms with E-state index in [1.54, 1.807) is 20.5 Å². The summed E-state index contributed by atoms with van der Waals surface area (Å²) in [6.45, 7) is 3.59. The number of aromatic amines is 1. The summed E-state index contributed by atoms with van der Waals surface area (Å²) in [6, 6.07) is 14.9. The van der Waals surface area contributed by atoms with Gasteiger partial charge in [0.2, 0.25) is 0 Å². The maximum atomic E-state index is 12.6. The molecule has 2 aromatic carbocycles. The van der Waals surface area contributed by atoms with Crippen molar-refractivity contribution in [3.63, 3.8) is 0 Å². The summed E-state index contributed by atoms with van der Waals surface area (Å²) in [5, 5.41) is 10.8. The number of H-pyrrole nitrogens is 1. The molecule has 1 fully saturated rings. The van der Waals surface area contributed by atoms with E-state index >= 15 is 0 Å². The van der Waals surface area contributed by atoms with Gasteiger partial charge in [0, 0.05) is 29.7 Å². The number of benzene rings is 2. The molecule has 0 amide bonds. The zero-order valence-corrected chi connectivity index (χ0v) is 20.7. The lowest BCUT2D eigenvalue weighted by atomic mass is 9.73. The quantitative estimate of drug-likeness (QED) is 0.377. The average molecular weight is 475 g/mol. The van der Waals surface area contributed by atoms with Crippen molar-refractivity contribution in [3.05, 3.63) is 65.6 Å². The van der Waals surface area contributed by atoms with Crippen molar-refractivity contribution in [1.29, 1.82) is 0 Å². The fraction of sp³-hybridized carbons (Fsp3) is 0.414. The number of hydrogen-bond donors (Lipinski definition) is 2. The number of rotatable bonds is 7. The van der Waals surface area contributed by atoms with Crippen LogP contribution < -0.4 is 4.74 Å². The van der Waals surface area contributed by atoms with Crippen LogP contribution in [0.25, 0.3) is 22.0 Å². The van der Waals surface area contributed by atoms with Crippen molar-refractivity contribution < 1.29 is 19.4 Å². The number of aliphatic hydroxyl groups is 1. The first-order valence-corrected chi connectivity index (χ1v) is 12.5. The molecule has 3 heterocycles. The smallest absolute Gasteiger partial charge is 0.187 e. The third kappa shape index (κ3) is 4.15. The fourth-order valence-corrected chi connectivity index (χ4v) is 6.20. The molecule has 0 radical (unpaired) electrons. The Labute approximate surface area is 206 Å². The number of carbonyl (C=O) groups is 1. The van der Waals surface area contributed by atoms with Crippen LogP contribution in [0.3, 0.4) is 0 Å². The highest BCUT2D eigenvalue weighted by molar-refractivity contribution is 5.97. The van der Waals surface area contributed by atoms with E-state index in [-0.39, 0.29) is 17.7 Å². The van der Waals surface area contributed by atoms with E-state index in [0.717, 1.165) is 60.1 Å². The van der Waals surface area contributed by atoms with E-state index < -0.39 is 6.61 Å². The van der Waals surface area contributed by atoms with Crippen LogP contribution in [0.15, 0.2) is 54.3 Å². The number of Topliss-reactive ketones (excluding diaryl/α,β-unsaturated/α-hetero) is 1. The second-order valence-corrected chi connectivity index (χ2v) is 9.65. The second-order valence-electron chi connectivity index (χ2n) is 9.65. The SMILES string of the molecule is CC[C@@H]1CN2CCc3c([nH]c4cc(-c5ccccc5)cc(OC)c34)[C@@H]2C[C@@H]1/C(=C\OC)C(=O)CO. The lowest BCUT2D eigenvalue weighted by Gasteiger charge is -2.46. The number of fused-ring (bicyclic) bond motifs is 5. The zero-order chi connectivity index (χ0) is 24.5. The van der Waals surface area contributed by atoms with Crippen LogP contribution in [0.4, 0.5) is 0 Å². The molecule has 6 nitrogen and oxygen atoms in total. The molecule has 35 heavy (non-hydrogen) atoms. The maximum Gasteiger partial charge on any atom is 0.187 e. The summed E-state index contributed by atoms with van der Waals surface area (Å²) in [4.78, 5) is 18.9. The zero-order valence-electron chi connectivity index (χ0n) is 20.7. The summed E-state index contributed by atoms with van der Waals surface area (Å²) >= 11 is 0. The fourth-order valence-electron chi connectivity index (χ4n) is 6.20. The number of methoxy groups -OCH3 is 2. The first-order chi connectivity index (χ1) is 17.1. The normalized spacial score (nSPS) is 22.5. The summed E-state index contributed by atoms with van der Waals surface area (Å²) in [5.41, 5.74) is 6.51. The van der Waals surface area contributed by atoms with Gasteiger partial charge in [-0.3, -0.25) is 9.69 Å². The van der Waals surface area contributed by atoms with Crippen molar-refractivity contribution in [2.24, 2.45) is 11.8 Å². The van der Waals surface area contributed by atoms with Gasteiger partial charge >= 0.3 is 0 Å². The van der Waals surface area contributed by atoms with Crippen LogP contribution in [-0.4, -0.2) is 54.7 Å². The first kappa shape index (κ1) is 23.6. The Morgan fingerprint density at radius 1 is 1.20 bits per heavy atom. The second kappa shape index (κ2) is 9.88. The molecule has 0 spiro atoms. The molecular formula is C29H34N2O4. The molecular weight excluding hydrogens is 440 g/mol. The Bertz CT molecular complexity index is 1250. The molecule has 5 rings (SSSR count). The Kier molecular flexibility index (Phi) is 6.67. The minimum absolute atomic E-state index is 0.0417. The largest absolute Gasteiger partial charge is 0.504 e. The van der Waals surface area contributed by atoms with E-state index in [0.29, 0.717) is 11.5 Å². The molecule has 0 saturated carbocycles. The van der Waals surface area contributed by atoms with Crippen LogP contribution in [0.1, 0.15) is 37.1 Å². The van der Waals surface area contributed by atoms with Crippen LogP contribution >= 0.6 is 0 Å². The topological polar surface area (TPSA) is 74.8 Å². The van der Waals surface area contributed by atoms with Gasteiger partial charge in [-0.05, 0) is 53.5 Å². The molecule has 0 bridgehead atoms. The number of carbonyl (C=O) groups excluding carboxylic acids is 1. The molecule has 184 valence electrons. The lowest BCUT2D eigenvalue weighted by Crippen LogP contribution is -2.47. The van der Waals surface area contributed by atoms with E-state index in [1.165, 1.54) is 11.3 Å². The molecule has 3 aromatic rings. The predicted molar refractivity (Wildman–Crippen MR) is 137 cm³/mol. The van der Waals surface area contributed by atoms with E-state index in [2.05, 4.69) is 53.2 Å². The summed E-state index contributed by atoms with van der Waals surface area (Å²) in [5.74, 6) is 1.03. The number of ketones is 1. The standard InChI is InChI=1S/C29H34N2O4/c1-4-18-15-31-11-10-21-28-24(12-20(13-27(28)35-3)19-8-6-5-7-9-19)30-29(21)25(31)14-22(18)23(17-34-2)26(33)16-32/h5-9,12-13,17-18,22,25,30,32H,4,10-11,14-16H2,1-3H3/b23-17+/t18-,22+,25+/m1/s1. The molecule has 3 atom stereocenters. The number of hydrogen-bond acceptors (Lipinski definition) is 5. The molecule has 2 N–H and O–H groups in total. The van der Waals surface area contributed by atoms with Crippen molar-refractivity contribution in [2.75, 3.05) is 33.9 Å². The third-order valence-corrected chi connectivity index (χ3v) is 7.90. The highest BCUT2D eigenvalue weighted by Crippen LogP contribution is 2.47. The van der Waals surface area contributed by atoms with Crippen molar-refractivity contribution in [2.45, 2.75) is 32.2 Å². The maximum absolute atomic E-state index is 12.6. The first-order valence-electron chi connectivity index (χ1n) is 12.5. The summed E-state index contributed by atoms with van der Waals surface area (Å²) < 4.78 is 11.2. The van der Waals surface area contributed by atoms with Gasteiger partial charge in [0.1, 0.15) is 12.4 Å². The van der Waals surface area contributed by atoms with E-state index in [9.17, 15) is 9.90 Å². The monoisotopic (exact) mass is 474 g/mol. The van der Waals surface area contributed by atoms with Crippen LogP contribution in [-0.2, 0) is 16.0 Å². The molecule has 0 unspecified atom stereocenters. The van der Waals surface area contributed by atoms with Gasteiger partial charge in [-0.15, -0.1) is 0 Å². The van der Waals surface area contributed by atoms with Crippen LogP contribution in [0.2, 0.25) is 0 Å². The van der Waals surface area contributed by atoms with Gasteiger partial charge in [0.25, 0.3) is 0 Å². The third-order valence-electron chi connectivity index (χ3n) is 7.90. The summed E-state index contributed by atoms with van der Waals surface area (Å²) in [6.07, 6.45) is 4.30. The Balaban J connectivity index is 1.59. The van der Waals surface area contributed by atoms with Crippen molar-refractivity contribution in [3.8, 4) is 16.9 Å². The number of aromatic nitrogens is 1. The summed E-state index contributed by atoms with van der Waals surface area (Å²) in [7, 11) is 3.30. The van der Waals surface area contributed by atoms with Crippen LogP contribution in [0, 0.1) is 11.8 Å². The predicted octanol–water partition coefficient (Wildman–Crippen LogP) is 4.88. The number of nitrogens with zero attached hydrogens (tertiary/aromatic N) is 1. The van der Waals surface area contributed by atoms with Crippen molar-refractivity contribution >= 4 is 16.7 Å². The molecule has 1 saturated heterocycles. The number of ether oxygens (including phenoxy) is 2. The Morgan fingerprint density at radius 3 is 2.69 bits per heavy atom. The minimum atomic E-state index is -0.492. The molecule has 6 heteroatoms. The van der Waals surface area contributed by atoms with E-state index in [4.69, 9.17) is 9.47 Å². The average Bonchev–Trinajstić information content (AvgIpc) is 3.29. The molecule has 2 aliphatic rings. The Morgan fingerprint density at radius 2 is 2.00 bits per heavy atom. The van der Waals surface area contributed by atoms with Gasteiger partial charge in [0.05, 0.1) is 32.0 Å². The van der Waals surface area contributed by atoms with Gasteiger partial charge in [0.15, 0.2) is 5.78 Å². The highest BCUT2D eigenvalue weighted by atomic mass is 16.5. The highest BCUT2D eigenvalue weighted by Gasteiger charge is 2.42. The number of nitrogens with one attached hydrogen (secondary N) is 1. The molecule has 1 aromatic heterocycles. The van der Waals surface area contributed by atoms with Gasteiger partial charge in [-0.25, -0.2) is 0 Å². The van der Waals surface area contributed by atoms with Gasteiger partial charge in [-0.1, -0.05) is 43.7 Å². The van der Waals surface area contributed by atoms with Crippen LogP contribution in [0.5, 0.6) is 5.75 Å². The molecule has 0 aliphatic carbocycles. The molecule has 2 aliphatic heterocycles. The van der Waals surface area contributed by atoms with Gasteiger partial charge in [-0.2, -0.15) is 0 Å². The minimum Gasteiger partial charge on any atom is -0.504 e. The Hall–Kier alpha value is -3.09.